The van der Waals surface area contributed by atoms with Crippen LogP contribution >= 0.6 is 0 Å². The average molecular weight is 817 g/mol. The fourth-order valence-electron chi connectivity index (χ4n) is 8.11. The van der Waals surface area contributed by atoms with Gasteiger partial charge in [0, 0.05) is 24.0 Å². The topological polar surface area (TPSA) is 195 Å². The first-order valence-corrected chi connectivity index (χ1v) is 21.0. The number of carbonyl (C=O) groups is 4. The molecule has 57 heavy (non-hydrogen) atoms. The van der Waals surface area contributed by atoms with Gasteiger partial charge in [-0.2, -0.15) is 0 Å². The predicted octanol–water partition coefficient (Wildman–Crippen LogP) is 4.53. The molecule has 2 saturated carbocycles. The SMILES string of the molecule is COc1ccc2nc(C(F)F)c3c(c2n1)CC[C@]1(C[C@H]2C(=O)N[C@]4(C(=O)NS(=O)(=O)C5(C)CC5)C[C@H]4/C=C\CCCCC[C@H](NC(=O)OC(C)(C)C)C(=O)N2C1)O3. The molecule has 18 heteroatoms. The number of alkyl halides is 2. The number of nitrogens with one attached hydrogen (secondary N) is 3. The summed E-state index contributed by atoms with van der Waals surface area (Å²) in [6.07, 6.45) is 3.77. The maximum Gasteiger partial charge on any atom is 0.408 e. The van der Waals surface area contributed by atoms with Gasteiger partial charge in [-0.25, -0.2) is 32.0 Å². The molecule has 15 nitrogen and oxygen atoms in total. The zero-order valence-corrected chi connectivity index (χ0v) is 33.6. The number of carbonyl (C=O) groups excluding carboxylic acids is 4. The molecular weight excluding hydrogens is 767 g/mol. The second kappa shape index (κ2) is 14.6. The Hall–Kier alpha value is -4.61. The normalized spacial score (nSPS) is 29.1. The number of hydrogen-bond acceptors (Lipinski definition) is 11. The number of hydrogen-bond donors (Lipinski definition) is 3. The highest BCUT2D eigenvalue weighted by Crippen LogP contribution is 2.49. The summed E-state index contributed by atoms with van der Waals surface area (Å²) >= 11 is 0. The summed E-state index contributed by atoms with van der Waals surface area (Å²) in [5.41, 5.74) is -3.54. The van der Waals surface area contributed by atoms with Crippen LogP contribution in [0.1, 0.15) is 110 Å². The number of ether oxygens (including phenoxy) is 3. The first-order valence-electron chi connectivity index (χ1n) is 19.5. The molecule has 5 aliphatic rings. The molecular formula is C39H50F2N6O9S. The van der Waals surface area contributed by atoms with E-state index in [0.29, 0.717) is 43.2 Å². The molecule has 0 aromatic carbocycles. The van der Waals surface area contributed by atoms with Crippen LogP contribution in [0.4, 0.5) is 13.6 Å². The number of nitrogens with zero attached hydrogens (tertiary/aromatic N) is 3. The lowest BCUT2D eigenvalue weighted by atomic mass is 9.88. The number of rotatable bonds is 6. The minimum Gasteiger partial charge on any atom is -0.483 e. The van der Waals surface area contributed by atoms with Gasteiger partial charge in [-0.3, -0.25) is 19.1 Å². The van der Waals surface area contributed by atoms with Gasteiger partial charge < -0.3 is 29.7 Å². The van der Waals surface area contributed by atoms with E-state index in [0.717, 1.165) is 6.42 Å². The Balaban J connectivity index is 1.26. The van der Waals surface area contributed by atoms with Crippen molar-refractivity contribution < 1.29 is 50.6 Å². The van der Waals surface area contributed by atoms with Crippen LogP contribution in [0.15, 0.2) is 24.3 Å². The molecule has 3 fully saturated rings. The van der Waals surface area contributed by atoms with Crippen LogP contribution in [-0.4, -0.2) is 94.3 Å². The number of sulfonamides is 1. The van der Waals surface area contributed by atoms with Gasteiger partial charge in [-0.1, -0.05) is 25.0 Å². The summed E-state index contributed by atoms with van der Waals surface area (Å²) in [6, 6.07) is 0.621. The van der Waals surface area contributed by atoms with Gasteiger partial charge in [0.2, 0.25) is 27.7 Å². The minimum absolute atomic E-state index is 0.124. The molecule has 0 unspecified atom stereocenters. The fourth-order valence-corrected chi connectivity index (χ4v) is 9.42. The van der Waals surface area contributed by atoms with Crippen molar-refractivity contribution in [2.75, 3.05) is 13.7 Å². The van der Waals surface area contributed by atoms with Crippen LogP contribution in [0.25, 0.3) is 11.0 Å². The number of methoxy groups -OCH3 is 1. The van der Waals surface area contributed by atoms with E-state index in [-0.39, 0.29) is 55.8 Å². The molecule has 7 rings (SSSR count). The Kier molecular flexibility index (Phi) is 10.4. The van der Waals surface area contributed by atoms with Crippen molar-refractivity contribution in [1.29, 1.82) is 0 Å². The summed E-state index contributed by atoms with van der Waals surface area (Å²) in [6.45, 7) is 6.39. The van der Waals surface area contributed by atoms with Gasteiger partial charge in [0.15, 0.2) is 5.75 Å². The van der Waals surface area contributed by atoms with Crippen molar-refractivity contribution >= 4 is 44.9 Å². The number of amides is 4. The van der Waals surface area contributed by atoms with Gasteiger partial charge >= 0.3 is 6.09 Å². The monoisotopic (exact) mass is 816 g/mol. The molecule has 3 N–H and O–H groups in total. The zero-order valence-electron chi connectivity index (χ0n) is 32.8. The largest absolute Gasteiger partial charge is 0.483 e. The van der Waals surface area contributed by atoms with Crippen LogP contribution in [0, 0.1) is 5.92 Å². The van der Waals surface area contributed by atoms with E-state index in [4.69, 9.17) is 14.2 Å². The number of aromatic nitrogens is 2. The van der Waals surface area contributed by atoms with Crippen molar-refractivity contribution in [1.82, 2.24) is 30.2 Å². The van der Waals surface area contributed by atoms with Gasteiger partial charge in [-0.05, 0) is 85.1 Å². The molecule has 3 aliphatic heterocycles. The lowest BCUT2D eigenvalue weighted by molar-refractivity contribution is -0.141. The molecule has 310 valence electrons. The average Bonchev–Trinajstić information content (AvgIpc) is 4.03. The van der Waals surface area contributed by atoms with Gasteiger partial charge in [0.25, 0.3) is 12.3 Å². The second-order valence-electron chi connectivity index (χ2n) is 17.2. The van der Waals surface area contributed by atoms with E-state index >= 15 is 0 Å². The highest BCUT2D eigenvalue weighted by molar-refractivity contribution is 7.91. The first-order chi connectivity index (χ1) is 26.8. The van der Waals surface area contributed by atoms with E-state index in [9.17, 15) is 36.4 Å². The number of aryl methyl sites for hydroxylation is 1. The van der Waals surface area contributed by atoms with Crippen LogP contribution in [-0.2, 0) is 35.6 Å². The molecule has 2 aromatic heterocycles. The smallest absolute Gasteiger partial charge is 0.408 e. The Morgan fingerprint density at radius 1 is 1.09 bits per heavy atom. The minimum atomic E-state index is -4.06. The molecule has 5 atom stereocenters. The number of pyridine rings is 2. The van der Waals surface area contributed by atoms with Crippen molar-refractivity contribution in [3.63, 3.8) is 0 Å². The third kappa shape index (κ3) is 7.97. The van der Waals surface area contributed by atoms with E-state index < -0.39 is 85.4 Å². The van der Waals surface area contributed by atoms with Crippen LogP contribution in [0.2, 0.25) is 0 Å². The summed E-state index contributed by atoms with van der Waals surface area (Å²) in [7, 11) is -2.63. The standard InChI is InChI=1S/C39H50F2N6O9S/c1-36(2,3)56-35(51)43-25-12-10-8-6-7-9-11-22-19-39(22,34(50)46-57(52,53)37(4)17-18-37)45-32(48)26-20-38(21-47(26)33(25)49)16-15-23-28-24(13-14-27(44-28)54-5)42-29(31(40)41)30(23)55-38/h9,11,13-14,22,25-26,31H,6-8,10,12,15-21H2,1-5H3,(H,43,51)(H,45,48)(H,46,50)/b11-9-/t22-,25+,26+,38-,39-/m1/s1. The number of alkyl carbamates (subject to hydrolysis) is 1. The quantitative estimate of drug-likeness (QED) is 0.347. The van der Waals surface area contributed by atoms with Gasteiger partial charge in [0.1, 0.15) is 34.5 Å². The molecule has 4 amide bonds. The highest BCUT2D eigenvalue weighted by Gasteiger charge is 2.64. The lowest BCUT2D eigenvalue weighted by Gasteiger charge is -2.36. The predicted molar refractivity (Wildman–Crippen MR) is 202 cm³/mol. The van der Waals surface area contributed by atoms with Crippen LogP contribution < -0.4 is 24.8 Å². The van der Waals surface area contributed by atoms with Crippen LogP contribution in [0.3, 0.4) is 0 Å². The summed E-state index contributed by atoms with van der Waals surface area (Å²) in [5, 5.41) is 5.53. The second-order valence-corrected chi connectivity index (χ2v) is 19.4. The Labute approximate surface area is 330 Å². The number of fused-ring (bicyclic) bond motifs is 5. The Morgan fingerprint density at radius 3 is 2.53 bits per heavy atom. The van der Waals surface area contributed by atoms with E-state index in [1.165, 1.54) is 24.1 Å². The molecule has 2 aromatic rings. The van der Waals surface area contributed by atoms with Crippen LogP contribution in [0.5, 0.6) is 11.6 Å². The molecule has 1 saturated heterocycles. The maximum atomic E-state index is 14.7. The van der Waals surface area contributed by atoms with E-state index in [1.54, 1.807) is 27.7 Å². The Bertz CT molecular complexity index is 2120. The fraction of sp³-hybridized carbons (Fsp3) is 0.641. The van der Waals surface area contributed by atoms with Crippen molar-refractivity contribution in [2.45, 2.75) is 138 Å². The van der Waals surface area contributed by atoms with Gasteiger partial charge in [0.05, 0.1) is 29.4 Å². The first kappa shape index (κ1) is 40.6. The maximum absolute atomic E-state index is 14.7. The van der Waals surface area contributed by atoms with E-state index in [2.05, 4.69) is 25.3 Å². The number of allylic oxidation sites excluding steroid dienone is 1. The van der Waals surface area contributed by atoms with Crippen molar-refractivity contribution in [3.05, 3.63) is 35.5 Å². The van der Waals surface area contributed by atoms with Crippen molar-refractivity contribution in [3.8, 4) is 11.6 Å². The van der Waals surface area contributed by atoms with Gasteiger partial charge in [-0.15, -0.1) is 0 Å². The number of halogens is 2. The Morgan fingerprint density at radius 2 is 1.84 bits per heavy atom. The summed E-state index contributed by atoms with van der Waals surface area (Å²) < 4.78 is 74.2. The molecule has 0 bridgehead atoms. The highest BCUT2D eigenvalue weighted by atomic mass is 32.2. The third-order valence-corrected chi connectivity index (χ3v) is 13.9. The lowest BCUT2D eigenvalue weighted by Crippen LogP contribution is -2.58. The molecule has 5 heterocycles. The molecule has 0 radical (unpaired) electrons. The van der Waals surface area contributed by atoms with E-state index in [1.807, 2.05) is 12.2 Å². The summed E-state index contributed by atoms with van der Waals surface area (Å²) in [4.78, 5) is 66.3. The molecule has 1 spiro atoms. The third-order valence-electron chi connectivity index (χ3n) is 11.7. The molecule has 2 aliphatic carbocycles. The summed E-state index contributed by atoms with van der Waals surface area (Å²) in [5.74, 6) is -2.70. The zero-order chi connectivity index (χ0) is 41.1. The van der Waals surface area contributed by atoms with Crippen molar-refractivity contribution in [2.24, 2.45) is 5.92 Å².